The molecule has 6 atom stereocenters. The van der Waals surface area contributed by atoms with Crippen LogP contribution in [0.2, 0.25) is 0 Å². The molecule has 39 heavy (non-hydrogen) atoms. The van der Waals surface area contributed by atoms with Crippen molar-refractivity contribution < 1.29 is 24.3 Å². The number of phenolic OH excluding ortho intramolecular Hbond substituents is 1. The molecule has 2 saturated heterocycles. The van der Waals surface area contributed by atoms with Crippen LogP contribution in [-0.4, -0.2) is 50.4 Å². The molecule has 2 aliphatic carbocycles. The van der Waals surface area contributed by atoms with E-state index >= 15 is 0 Å². The normalized spacial score (nSPS) is 33.6. The van der Waals surface area contributed by atoms with Gasteiger partial charge in [-0.05, 0) is 60.6 Å². The smallest absolute Gasteiger partial charge is 0.253 e. The van der Waals surface area contributed by atoms with Crippen molar-refractivity contribution >= 4 is 58.6 Å². The van der Waals surface area contributed by atoms with Gasteiger partial charge < -0.3 is 5.11 Å². The van der Waals surface area contributed by atoms with E-state index in [1.54, 1.807) is 49.4 Å². The van der Waals surface area contributed by atoms with Crippen LogP contribution in [0, 0.1) is 24.7 Å². The van der Waals surface area contributed by atoms with Crippen molar-refractivity contribution in [2.24, 2.45) is 17.8 Å². The number of amides is 4. The minimum absolute atomic E-state index is 0.0597. The lowest BCUT2D eigenvalue weighted by molar-refractivity contribution is -0.138. The summed E-state index contributed by atoms with van der Waals surface area (Å²) in [5.74, 6) is -4.65. The lowest BCUT2D eigenvalue weighted by Gasteiger charge is -2.50. The summed E-state index contributed by atoms with van der Waals surface area (Å²) in [4.78, 5) is 53.2. The number of carbonyl (C=O) groups is 4. The molecule has 6 rings (SSSR count). The van der Waals surface area contributed by atoms with Crippen LogP contribution in [0.5, 0.6) is 5.75 Å². The molecule has 0 radical (unpaired) electrons. The van der Waals surface area contributed by atoms with E-state index in [4.69, 9.17) is 23.2 Å². The molecule has 200 valence electrons. The van der Waals surface area contributed by atoms with Gasteiger partial charge >= 0.3 is 0 Å². The van der Waals surface area contributed by atoms with Crippen LogP contribution in [-0.2, 0) is 19.2 Å². The average Bonchev–Trinajstić information content (AvgIpc) is 3.25. The van der Waals surface area contributed by atoms with Crippen molar-refractivity contribution in [3.05, 3.63) is 77.4 Å². The number of aromatic hydroxyl groups is 1. The average molecular weight is 565 g/mol. The lowest BCUT2D eigenvalue weighted by Crippen LogP contribution is -2.60. The Bertz CT molecular complexity index is 1520. The molecular formula is C30H26Cl2N2O5. The summed E-state index contributed by atoms with van der Waals surface area (Å²) in [7, 11) is 1.36. The predicted octanol–water partition coefficient (Wildman–Crippen LogP) is 4.54. The van der Waals surface area contributed by atoms with E-state index in [1.807, 2.05) is 6.08 Å². The number of allylic oxidation sites excluding steroid dienone is 2. The van der Waals surface area contributed by atoms with Gasteiger partial charge in [0.2, 0.25) is 11.8 Å². The monoisotopic (exact) mass is 564 g/mol. The second-order valence-electron chi connectivity index (χ2n) is 10.9. The molecule has 2 aliphatic heterocycles. The van der Waals surface area contributed by atoms with E-state index in [1.165, 1.54) is 18.0 Å². The second-order valence-corrected chi connectivity index (χ2v) is 12.1. The van der Waals surface area contributed by atoms with Crippen LogP contribution < -0.4 is 4.90 Å². The van der Waals surface area contributed by atoms with Crippen molar-refractivity contribution in [3.8, 4) is 5.75 Å². The zero-order valence-corrected chi connectivity index (χ0v) is 22.9. The number of likely N-dealkylation sites (tertiary alicyclic amines) is 1. The van der Waals surface area contributed by atoms with Gasteiger partial charge in [0.05, 0.1) is 17.5 Å². The van der Waals surface area contributed by atoms with Gasteiger partial charge in [0.1, 0.15) is 5.75 Å². The van der Waals surface area contributed by atoms with Gasteiger partial charge in [-0.1, -0.05) is 48.6 Å². The van der Waals surface area contributed by atoms with Crippen LogP contribution in [0.3, 0.4) is 0 Å². The molecule has 4 amide bonds. The lowest BCUT2D eigenvalue weighted by atomic mass is 9.56. The van der Waals surface area contributed by atoms with Crippen molar-refractivity contribution in [3.63, 3.8) is 0 Å². The van der Waals surface area contributed by atoms with Crippen molar-refractivity contribution in [1.29, 1.82) is 0 Å². The van der Waals surface area contributed by atoms with E-state index in [9.17, 15) is 24.3 Å². The van der Waals surface area contributed by atoms with Gasteiger partial charge in [-0.2, -0.15) is 0 Å². The molecule has 7 nitrogen and oxygen atoms in total. The molecule has 2 heterocycles. The third-order valence-corrected chi connectivity index (χ3v) is 10.4. The van der Waals surface area contributed by atoms with Gasteiger partial charge in [0.25, 0.3) is 11.8 Å². The second kappa shape index (κ2) is 8.54. The van der Waals surface area contributed by atoms with E-state index < -0.39 is 45.2 Å². The summed E-state index contributed by atoms with van der Waals surface area (Å²) >= 11 is 14.3. The topological polar surface area (TPSA) is 95.0 Å². The third-order valence-electron chi connectivity index (χ3n) is 8.96. The van der Waals surface area contributed by atoms with E-state index in [0.29, 0.717) is 22.4 Å². The Labute approximate surface area is 235 Å². The summed E-state index contributed by atoms with van der Waals surface area (Å²) in [5.41, 5.74) is 3.21. The van der Waals surface area contributed by atoms with Gasteiger partial charge in [0, 0.05) is 13.0 Å². The number of halogens is 2. The van der Waals surface area contributed by atoms with Gasteiger partial charge in [-0.3, -0.25) is 29.0 Å². The first-order chi connectivity index (χ1) is 18.5. The van der Waals surface area contributed by atoms with Crippen LogP contribution in [0.15, 0.2) is 60.7 Å². The summed E-state index contributed by atoms with van der Waals surface area (Å²) in [6, 6.07) is 11.9. The molecule has 3 fully saturated rings. The number of phenols is 1. The minimum Gasteiger partial charge on any atom is -0.508 e. The Morgan fingerprint density at radius 2 is 1.69 bits per heavy atom. The highest BCUT2D eigenvalue weighted by Gasteiger charge is 2.75. The standard InChI is InChI=1S/C30H26Cl2N2O5/c1-4-16-5-8-18(9-6-16)34-25(36)20-11-10-19-21(23(20)26(34)37)14-29(31)27(38)33(3)28(39)30(29,32)24(19)17-7-12-22(35)15(2)13-17/h4-10,12-13,20-21,23-24,35H,1,11,14H2,2-3H3/t20-,21+,23-,24-,29+,30-/m0/s1. The first kappa shape index (κ1) is 25.8. The number of aryl methyl sites for hydroxylation is 1. The zero-order valence-electron chi connectivity index (χ0n) is 21.4. The Morgan fingerprint density at radius 1 is 1.00 bits per heavy atom. The number of hydrogen-bond acceptors (Lipinski definition) is 5. The number of hydrogen-bond donors (Lipinski definition) is 1. The highest BCUT2D eigenvalue weighted by molar-refractivity contribution is 6.53. The van der Waals surface area contributed by atoms with Crippen LogP contribution in [0.25, 0.3) is 6.08 Å². The number of imide groups is 2. The van der Waals surface area contributed by atoms with Crippen LogP contribution >= 0.6 is 23.2 Å². The first-order valence-electron chi connectivity index (χ1n) is 12.8. The van der Waals surface area contributed by atoms with Gasteiger partial charge in [0.15, 0.2) is 9.75 Å². The number of nitrogens with zero attached hydrogens (tertiary/aromatic N) is 2. The molecule has 0 aromatic heterocycles. The van der Waals surface area contributed by atoms with Crippen molar-refractivity contribution in [2.75, 3.05) is 11.9 Å². The summed E-state index contributed by atoms with van der Waals surface area (Å²) < 4.78 is 0. The minimum atomic E-state index is -1.84. The molecule has 2 aromatic carbocycles. The van der Waals surface area contributed by atoms with E-state index in [0.717, 1.165) is 10.5 Å². The fourth-order valence-corrected chi connectivity index (χ4v) is 8.01. The number of benzene rings is 2. The molecule has 1 saturated carbocycles. The Hall–Kier alpha value is -3.42. The van der Waals surface area contributed by atoms with E-state index in [2.05, 4.69) is 6.58 Å². The Morgan fingerprint density at radius 3 is 2.33 bits per heavy atom. The van der Waals surface area contributed by atoms with E-state index in [-0.39, 0.29) is 30.4 Å². The maximum absolute atomic E-state index is 14.0. The maximum Gasteiger partial charge on any atom is 0.253 e. The van der Waals surface area contributed by atoms with Crippen molar-refractivity contribution in [2.45, 2.75) is 35.4 Å². The maximum atomic E-state index is 14.0. The summed E-state index contributed by atoms with van der Waals surface area (Å²) in [6.07, 6.45) is 3.80. The third kappa shape index (κ3) is 3.23. The quantitative estimate of drug-likeness (QED) is 0.335. The first-order valence-corrected chi connectivity index (χ1v) is 13.5. The number of anilines is 1. The van der Waals surface area contributed by atoms with Gasteiger partial charge in [-0.25, -0.2) is 0 Å². The summed E-state index contributed by atoms with van der Waals surface area (Å²) in [6.45, 7) is 5.47. The molecule has 0 unspecified atom stereocenters. The molecule has 0 spiro atoms. The molecule has 4 aliphatic rings. The zero-order chi connectivity index (χ0) is 28.0. The SMILES string of the molecule is C=Cc1ccc(N2C(=O)[C@H]3[C@H](CC=C4[C@H]3C[C@@]3(Cl)C(=O)N(C)C(=O)[C@@]3(Cl)[C@H]4c3ccc(O)c(C)c3)C2=O)cc1. The molecule has 9 heteroatoms. The fourth-order valence-electron chi connectivity index (χ4n) is 6.99. The van der Waals surface area contributed by atoms with Crippen LogP contribution in [0.4, 0.5) is 5.69 Å². The molecule has 0 bridgehead atoms. The Kier molecular flexibility index (Phi) is 5.66. The number of fused-ring (bicyclic) bond motifs is 4. The molecular weight excluding hydrogens is 539 g/mol. The summed E-state index contributed by atoms with van der Waals surface area (Å²) in [5, 5.41) is 10.2. The highest BCUT2D eigenvalue weighted by Crippen LogP contribution is 2.65. The predicted molar refractivity (Wildman–Crippen MR) is 147 cm³/mol. The number of carbonyl (C=O) groups excluding carboxylic acids is 4. The number of rotatable bonds is 3. The molecule has 2 aromatic rings. The highest BCUT2D eigenvalue weighted by atomic mass is 35.5. The fraction of sp³-hybridized carbons (Fsp3) is 0.333. The van der Waals surface area contributed by atoms with Crippen molar-refractivity contribution in [1.82, 2.24) is 4.90 Å². The largest absolute Gasteiger partial charge is 0.508 e. The number of alkyl halides is 2. The van der Waals surface area contributed by atoms with Crippen LogP contribution in [0.1, 0.15) is 35.4 Å². The van der Waals surface area contributed by atoms with Gasteiger partial charge in [-0.15, -0.1) is 23.2 Å². The molecule has 1 N–H and O–H groups in total. The Balaban J connectivity index is 1.50.